The van der Waals surface area contributed by atoms with E-state index < -0.39 is 0 Å². The molecule has 94 valence electrons. The van der Waals surface area contributed by atoms with Crippen LogP contribution < -0.4 is 10.6 Å². The van der Waals surface area contributed by atoms with Gasteiger partial charge in [0, 0.05) is 24.8 Å². The zero-order chi connectivity index (χ0) is 12.2. The molecule has 5 heteroatoms. The topological polar surface area (TPSA) is 50.4 Å². The van der Waals surface area contributed by atoms with Crippen LogP contribution in [0.25, 0.3) is 0 Å². The Labute approximate surface area is 102 Å². The predicted octanol–water partition coefficient (Wildman–Crippen LogP) is 0.969. The average molecular weight is 246 g/mol. The molecule has 16 heavy (non-hydrogen) atoms. The van der Waals surface area contributed by atoms with Gasteiger partial charge in [0.25, 0.3) is 0 Å². The van der Waals surface area contributed by atoms with Crippen molar-refractivity contribution in [3.63, 3.8) is 0 Å². The van der Waals surface area contributed by atoms with Gasteiger partial charge in [0.1, 0.15) is 0 Å². The van der Waals surface area contributed by atoms with Crippen LogP contribution >= 0.6 is 11.8 Å². The largest absolute Gasteiger partial charge is 0.379 e. The van der Waals surface area contributed by atoms with Crippen LogP contribution in [-0.2, 0) is 9.53 Å². The van der Waals surface area contributed by atoms with E-state index >= 15 is 0 Å². The van der Waals surface area contributed by atoms with Crippen LogP contribution in [0.2, 0.25) is 0 Å². The summed E-state index contributed by atoms with van der Waals surface area (Å²) in [6.45, 7) is 6.07. The van der Waals surface area contributed by atoms with Gasteiger partial charge < -0.3 is 10.1 Å². The van der Waals surface area contributed by atoms with Crippen molar-refractivity contribution >= 4 is 17.7 Å². The maximum atomic E-state index is 11.8. The first-order valence-electron chi connectivity index (χ1n) is 5.61. The van der Waals surface area contributed by atoms with E-state index in [9.17, 15) is 4.79 Å². The predicted molar refractivity (Wildman–Crippen MR) is 67.6 cm³/mol. The molecule has 1 rings (SSSR count). The molecule has 0 aliphatic carbocycles. The standard InChI is InChI=1S/C11H22N2O2S/c1-8(5-11(2,3)15-4)13-10(14)9-6-16-7-12-9/h8-9,12H,5-7H2,1-4H3,(H,13,14). The summed E-state index contributed by atoms with van der Waals surface area (Å²) >= 11 is 1.76. The molecular weight excluding hydrogens is 224 g/mol. The minimum Gasteiger partial charge on any atom is -0.379 e. The molecule has 1 aliphatic heterocycles. The average Bonchev–Trinajstić information content (AvgIpc) is 2.69. The fourth-order valence-corrected chi connectivity index (χ4v) is 2.72. The molecule has 0 radical (unpaired) electrons. The SMILES string of the molecule is COC(C)(C)CC(C)NC(=O)C1CSCN1. The third-order valence-corrected chi connectivity index (χ3v) is 3.71. The van der Waals surface area contributed by atoms with Crippen molar-refractivity contribution in [2.75, 3.05) is 18.7 Å². The van der Waals surface area contributed by atoms with Crippen molar-refractivity contribution in [1.82, 2.24) is 10.6 Å². The summed E-state index contributed by atoms with van der Waals surface area (Å²) in [5, 5.41) is 6.18. The number of hydrogen-bond donors (Lipinski definition) is 2. The summed E-state index contributed by atoms with van der Waals surface area (Å²) in [5.74, 6) is 1.84. The Morgan fingerprint density at radius 3 is 2.88 bits per heavy atom. The summed E-state index contributed by atoms with van der Waals surface area (Å²) < 4.78 is 5.34. The Morgan fingerprint density at radius 1 is 1.69 bits per heavy atom. The van der Waals surface area contributed by atoms with Crippen LogP contribution in [0, 0.1) is 0 Å². The van der Waals surface area contributed by atoms with Gasteiger partial charge in [0.05, 0.1) is 11.6 Å². The minimum atomic E-state index is -0.190. The smallest absolute Gasteiger partial charge is 0.238 e. The van der Waals surface area contributed by atoms with E-state index in [-0.39, 0.29) is 23.6 Å². The van der Waals surface area contributed by atoms with Gasteiger partial charge in [-0.2, -0.15) is 0 Å². The summed E-state index contributed by atoms with van der Waals surface area (Å²) in [5.41, 5.74) is -0.190. The Bertz CT molecular complexity index is 240. The van der Waals surface area contributed by atoms with Gasteiger partial charge in [-0.25, -0.2) is 0 Å². The van der Waals surface area contributed by atoms with Crippen LogP contribution in [0.3, 0.4) is 0 Å². The third kappa shape index (κ3) is 4.31. The number of thioether (sulfide) groups is 1. The number of ether oxygens (including phenoxy) is 1. The second kappa shape index (κ2) is 5.89. The van der Waals surface area contributed by atoms with E-state index in [4.69, 9.17) is 4.74 Å². The number of carbonyl (C=O) groups is 1. The summed E-state index contributed by atoms with van der Waals surface area (Å²) in [7, 11) is 1.70. The van der Waals surface area contributed by atoms with Gasteiger partial charge in [-0.3, -0.25) is 10.1 Å². The summed E-state index contributed by atoms with van der Waals surface area (Å²) in [6, 6.07) is 0.105. The van der Waals surface area contributed by atoms with Gasteiger partial charge in [-0.15, -0.1) is 11.8 Å². The molecule has 1 amide bonds. The lowest BCUT2D eigenvalue weighted by molar-refractivity contribution is -0.123. The molecule has 0 bridgehead atoms. The molecule has 1 heterocycles. The van der Waals surface area contributed by atoms with Crippen molar-refractivity contribution in [2.45, 2.75) is 44.9 Å². The van der Waals surface area contributed by atoms with E-state index in [2.05, 4.69) is 10.6 Å². The third-order valence-electron chi connectivity index (χ3n) is 2.77. The van der Waals surface area contributed by atoms with Crippen molar-refractivity contribution in [3.8, 4) is 0 Å². The normalized spacial score (nSPS) is 23.1. The first kappa shape index (κ1) is 13.8. The molecule has 1 aliphatic rings. The quantitative estimate of drug-likeness (QED) is 0.759. The highest BCUT2D eigenvalue weighted by Gasteiger charge is 2.26. The van der Waals surface area contributed by atoms with Crippen molar-refractivity contribution in [1.29, 1.82) is 0 Å². The monoisotopic (exact) mass is 246 g/mol. The number of carbonyl (C=O) groups excluding carboxylic acids is 1. The van der Waals surface area contributed by atoms with Crippen LogP contribution in [0.1, 0.15) is 27.2 Å². The molecule has 0 aromatic carbocycles. The first-order valence-corrected chi connectivity index (χ1v) is 6.77. The number of methoxy groups -OCH3 is 1. The van der Waals surface area contributed by atoms with Crippen molar-refractivity contribution in [2.24, 2.45) is 0 Å². The molecule has 4 nitrogen and oxygen atoms in total. The molecule has 0 saturated carbocycles. The Hall–Kier alpha value is -0.260. The molecule has 0 aromatic heterocycles. The first-order chi connectivity index (χ1) is 7.44. The van der Waals surface area contributed by atoms with Crippen LogP contribution in [-0.4, -0.2) is 42.3 Å². The molecule has 1 fully saturated rings. The summed E-state index contributed by atoms with van der Waals surface area (Å²) in [4.78, 5) is 11.8. The minimum absolute atomic E-state index is 0.0295. The van der Waals surface area contributed by atoms with Gasteiger partial charge >= 0.3 is 0 Å². The molecule has 2 atom stereocenters. The molecule has 1 saturated heterocycles. The number of nitrogens with one attached hydrogen (secondary N) is 2. The molecule has 0 spiro atoms. The van der Waals surface area contributed by atoms with Crippen LogP contribution in [0.5, 0.6) is 0 Å². The van der Waals surface area contributed by atoms with Crippen LogP contribution in [0.4, 0.5) is 0 Å². The summed E-state index contributed by atoms with van der Waals surface area (Å²) in [6.07, 6.45) is 0.815. The second-order valence-electron chi connectivity index (χ2n) is 4.85. The Balaban J connectivity index is 2.33. The Kier molecular flexibility index (Phi) is 5.08. The highest BCUT2D eigenvalue weighted by Crippen LogP contribution is 2.16. The van der Waals surface area contributed by atoms with Crippen LogP contribution in [0.15, 0.2) is 0 Å². The Morgan fingerprint density at radius 2 is 2.38 bits per heavy atom. The van der Waals surface area contributed by atoms with E-state index in [0.717, 1.165) is 18.1 Å². The number of rotatable bonds is 5. The lowest BCUT2D eigenvalue weighted by atomic mass is 10.00. The fraction of sp³-hybridized carbons (Fsp3) is 0.909. The van der Waals surface area contributed by atoms with Gasteiger partial charge in [0.15, 0.2) is 0 Å². The van der Waals surface area contributed by atoms with E-state index in [1.54, 1.807) is 18.9 Å². The van der Waals surface area contributed by atoms with E-state index in [1.165, 1.54) is 0 Å². The van der Waals surface area contributed by atoms with Gasteiger partial charge in [-0.1, -0.05) is 0 Å². The zero-order valence-electron chi connectivity index (χ0n) is 10.5. The lowest BCUT2D eigenvalue weighted by Crippen LogP contribution is -2.47. The lowest BCUT2D eigenvalue weighted by Gasteiger charge is -2.27. The molecular formula is C11H22N2O2S. The zero-order valence-corrected chi connectivity index (χ0v) is 11.3. The molecule has 0 aromatic rings. The van der Waals surface area contributed by atoms with Crippen molar-refractivity contribution in [3.05, 3.63) is 0 Å². The van der Waals surface area contributed by atoms with E-state index in [0.29, 0.717) is 0 Å². The fourth-order valence-electron chi connectivity index (χ4n) is 1.78. The van der Waals surface area contributed by atoms with Gasteiger partial charge in [-0.05, 0) is 27.2 Å². The number of hydrogen-bond acceptors (Lipinski definition) is 4. The maximum Gasteiger partial charge on any atom is 0.238 e. The number of amides is 1. The molecule has 2 unspecified atom stereocenters. The molecule has 2 N–H and O–H groups in total. The highest BCUT2D eigenvalue weighted by molar-refractivity contribution is 7.99. The maximum absolute atomic E-state index is 11.8. The second-order valence-corrected chi connectivity index (χ2v) is 5.88. The van der Waals surface area contributed by atoms with Crippen molar-refractivity contribution < 1.29 is 9.53 Å². The highest BCUT2D eigenvalue weighted by atomic mass is 32.2. The van der Waals surface area contributed by atoms with E-state index in [1.807, 2.05) is 20.8 Å². The van der Waals surface area contributed by atoms with Gasteiger partial charge in [0.2, 0.25) is 5.91 Å².